The Hall–Kier alpha value is -4.64. The van der Waals surface area contributed by atoms with E-state index in [9.17, 15) is 14.4 Å². The molecule has 0 aliphatic carbocycles. The molecule has 228 valence electrons. The van der Waals surface area contributed by atoms with Crippen molar-refractivity contribution in [3.8, 4) is 0 Å². The molecule has 46 heavy (non-hydrogen) atoms. The van der Waals surface area contributed by atoms with Gasteiger partial charge < -0.3 is 10.1 Å². The summed E-state index contributed by atoms with van der Waals surface area (Å²) in [6.07, 6.45) is 1.24. The summed E-state index contributed by atoms with van der Waals surface area (Å²) in [6, 6.07) is 33.5. The number of thioether (sulfide) groups is 1. The first-order chi connectivity index (χ1) is 22.5. The number of rotatable bonds is 8. The van der Waals surface area contributed by atoms with E-state index in [1.165, 1.54) is 23.1 Å². The molecule has 1 fully saturated rings. The number of pyridine rings is 1. The summed E-state index contributed by atoms with van der Waals surface area (Å²) in [5.41, 5.74) is 4.06. The van der Waals surface area contributed by atoms with E-state index in [0.717, 1.165) is 27.0 Å². The van der Waals surface area contributed by atoms with Crippen molar-refractivity contribution in [2.24, 2.45) is 0 Å². The maximum Gasteiger partial charge on any atom is 0.253 e. The number of nitrogens with one attached hydrogen (secondary N) is 1. The Balaban J connectivity index is 1.26. The third kappa shape index (κ3) is 5.87. The second-order valence-electron chi connectivity index (χ2n) is 10.9. The highest BCUT2D eigenvalue weighted by Crippen LogP contribution is 2.45. The van der Waals surface area contributed by atoms with E-state index in [1.54, 1.807) is 23.2 Å². The summed E-state index contributed by atoms with van der Waals surface area (Å²) in [5, 5.41) is 2.71. The predicted octanol–water partition coefficient (Wildman–Crippen LogP) is 6.14. The van der Waals surface area contributed by atoms with Gasteiger partial charge in [-0.25, -0.2) is 0 Å². The van der Waals surface area contributed by atoms with Crippen LogP contribution in [0.4, 0.5) is 0 Å². The molecule has 2 aliphatic rings. The lowest BCUT2D eigenvalue weighted by Crippen LogP contribution is -2.70. The molecule has 10 heteroatoms. The van der Waals surface area contributed by atoms with E-state index in [1.807, 2.05) is 97.1 Å². The normalized spacial score (nSPS) is 17.4. The lowest BCUT2D eigenvalue weighted by atomic mass is 10.00. The Bertz CT molecular complexity index is 1990. The molecule has 1 unspecified atom stereocenters. The molecule has 1 saturated heterocycles. The van der Waals surface area contributed by atoms with Crippen molar-refractivity contribution in [1.82, 2.24) is 15.2 Å². The number of fused-ring (bicyclic) bond motifs is 2. The van der Waals surface area contributed by atoms with Crippen LogP contribution in [0, 0.1) is 0 Å². The predicted molar refractivity (Wildman–Crippen MR) is 186 cm³/mol. The van der Waals surface area contributed by atoms with Crippen LogP contribution in [0.1, 0.15) is 27.7 Å². The third-order valence-corrected chi connectivity index (χ3v) is 10.6. The number of hydrogen-bond donors (Lipinski definition) is 1. The third-order valence-electron chi connectivity index (χ3n) is 7.90. The van der Waals surface area contributed by atoms with Gasteiger partial charge in [0.05, 0.1) is 11.1 Å². The fraction of sp³-hybridized carbons (Fsp3) is 0.139. The van der Waals surface area contributed by atoms with Gasteiger partial charge in [-0.05, 0) is 41.0 Å². The average Bonchev–Trinajstić information content (AvgIpc) is 3.10. The molecule has 0 saturated carbocycles. The molecule has 0 bridgehead atoms. The molecule has 7 nitrogen and oxygen atoms in total. The number of carbonyl (C=O) groups is 2. The molecule has 0 radical (unpaired) electrons. The first-order valence-corrected chi connectivity index (χ1v) is 17.0. The van der Waals surface area contributed by atoms with Gasteiger partial charge in [-0.1, -0.05) is 91.0 Å². The maximum absolute atomic E-state index is 13.9. The number of hydrogen-bond acceptors (Lipinski definition) is 8. The maximum atomic E-state index is 13.9. The van der Waals surface area contributed by atoms with Crippen molar-refractivity contribution in [3.63, 3.8) is 0 Å². The number of nitrogens with zero attached hydrogens (tertiary/aromatic N) is 2. The first-order valence-electron chi connectivity index (χ1n) is 14.7. The molecule has 2 aliphatic heterocycles. The van der Waals surface area contributed by atoms with Crippen molar-refractivity contribution in [2.75, 3.05) is 5.75 Å². The lowest BCUT2D eigenvalue weighted by molar-refractivity contribution is -0.145. The molecular formula is C36H27N3O4S3. The second kappa shape index (κ2) is 13.0. The summed E-state index contributed by atoms with van der Waals surface area (Å²) in [6.45, 7) is 0. The number of thiocarbonyl (C=S) groups is 1. The molecule has 4 heterocycles. The highest BCUT2D eigenvalue weighted by Gasteiger charge is 2.54. The van der Waals surface area contributed by atoms with E-state index in [0.29, 0.717) is 21.8 Å². The summed E-state index contributed by atoms with van der Waals surface area (Å²) in [7, 11) is 0. The Morgan fingerprint density at radius 2 is 1.59 bits per heavy atom. The molecule has 0 spiro atoms. The van der Waals surface area contributed by atoms with Crippen LogP contribution in [0.15, 0.2) is 126 Å². The molecule has 5 aromatic rings. The van der Waals surface area contributed by atoms with Crippen LogP contribution in [-0.4, -0.2) is 43.9 Å². The zero-order valence-corrected chi connectivity index (χ0v) is 26.8. The topological polar surface area (TPSA) is 88.6 Å². The minimum absolute atomic E-state index is 0.145. The zero-order chi connectivity index (χ0) is 31.6. The van der Waals surface area contributed by atoms with Crippen molar-refractivity contribution in [1.29, 1.82) is 0 Å². The van der Waals surface area contributed by atoms with Crippen molar-refractivity contribution in [3.05, 3.63) is 153 Å². The van der Waals surface area contributed by atoms with Crippen LogP contribution < -0.4 is 10.7 Å². The number of amides is 2. The monoisotopic (exact) mass is 661 g/mol. The van der Waals surface area contributed by atoms with E-state index in [2.05, 4.69) is 10.3 Å². The van der Waals surface area contributed by atoms with Gasteiger partial charge in [0.25, 0.3) is 5.91 Å². The second-order valence-corrected chi connectivity index (χ2v) is 13.4. The molecule has 2 aromatic heterocycles. The molecular weight excluding hydrogens is 635 g/mol. The average molecular weight is 662 g/mol. The van der Waals surface area contributed by atoms with Gasteiger partial charge in [0.2, 0.25) is 16.4 Å². The van der Waals surface area contributed by atoms with Crippen LogP contribution in [0.3, 0.4) is 0 Å². The van der Waals surface area contributed by atoms with Crippen LogP contribution >= 0.6 is 35.3 Å². The van der Waals surface area contributed by atoms with E-state index in [4.69, 9.17) is 17.0 Å². The Morgan fingerprint density at radius 3 is 2.26 bits per heavy atom. The lowest BCUT2D eigenvalue weighted by Gasteiger charge is -2.50. The Kier molecular flexibility index (Phi) is 8.49. The Labute approximate surface area is 278 Å². The summed E-state index contributed by atoms with van der Waals surface area (Å²) in [5.74, 6) is -0.0438. The van der Waals surface area contributed by atoms with Crippen LogP contribution in [-0.2, 0) is 20.7 Å². The van der Waals surface area contributed by atoms with Gasteiger partial charge in [-0.2, -0.15) is 0 Å². The molecule has 1 N–H and O–H groups in total. The molecule has 3 aromatic carbocycles. The summed E-state index contributed by atoms with van der Waals surface area (Å²) in [4.78, 5) is 46.5. The first kappa shape index (κ1) is 30.0. The largest absolute Gasteiger partial charge is 0.469 e. The Morgan fingerprint density at radius 1 is 0.935 bits per heavy atom. The highest BCUT2D eigenvalue weighted by atomic mass is 32.2. The van der Waals surface area contributed by atoms with Crippen molar-refractivity contribution in [2.45, 2.75) is 23.9 Å². The molecule has 7 rings (SSSR count). The zero-order valence-electron chi connectivity index (χ0n) is 24.4. The standard InChI is InChI=1S/C36H27N3O4S3/c40-26-20-28(46-27-17-10-18-37-30(26)27)25-21-45-35-31(38-29(41)19-22-11-4-1-5-12-22)34(42)39(35)32(25)36(44)43-33(23-13-6-2-7-14-23)24-15-8-3-9-16-24/h1-18,20,31,33,35H,19,21H2,(H,38,41)/t31?,35-/m1/s1. The van der Waals surface area contributed by atoms with Gasteiger partial charge in [-0.15, -0.1) is 23.1 Å². The summed E-state index contributed by atoms with van der Waals surface area (Å²) >= 11 is 8.98. The van der Waals surface area contributed by atoms with E-state index >= 15 is 0 Å². The number of β-lactam (4-membered cyclic amide) rings is 1. The fourth-order valence-electron chi connectivity index (χ4n) is 5.69. The minimum atomic E-state index is -0.709. The van der Waals surface area contributed by atoms with Crippen molar-refractivity contribution >= 4 is 68.0 Å². The molecule has 2 amide bonds. The number of benzene rings is 3. The minimum Gasteiger partial charge on any atom is -0.469 e. The van der Waals surface area contributed by atoms with Gasteiger partial charge in [-0.3, -0.25) is 24.3 Å². The van der Waals surface area contributed by atoms with Gasteiger partial charge in [0.1, 0.15) is 28.7 Å². The van der Waals surface area contributed by atoms with Gasteiger partial charge >= 0.3 is 0 Å². The van der Waals surface area contributed by atoms with Crippen molar-refractivity contribution < 1.29 is 14.3 Å². The van der Waals surface area contributed by atoms with E-state index < -0.39 is 12.1 Å². The number of carbonyl (C=O) groups excluding carboxylic acids is 2. The number of aromatic nitrogens is 1. The SMILES string of the molecule is O=C(Cc1ccccc1)NC1C(=O)N2C(C(=S)OC(c3ccccc3)c3ccccc3)=C(c3cc(=O)c4ncccc4s3)CS[C@H]12. The van der Waals surface area contributed by atoms with Gasteiger partial charge in [0, 0.05) is 28.5 Å². The van der Waals surface area contributed by atoms with Crippen LogP contribution in [0.2, 0.25) is 0 Å². The smallest absolute Gasteiger partial charge is 0.253 e. The van der Waals surface area contributed by atoms with Gasteiger partial charge in [0.15, 0.2) is 0 Å². The van der Waals surface area contributed by atoms with E-state index in [-0.39, 0.29) is 34.1 Å². The fourth-order valence-corrected chi connectivity index (χ4v) is 8.56. The van der Waals surface area contributed by atoms with Crippen LogP contribution in [0.5, 0.6) is 0 Å². The molecule has 2 atom stereocenters. The van der Waals surface area contributed by atoms with Crippen LogP contribution in [0.25, 0.3) is 15.8 Å². The number of ether oxygens (including phenoxy) is 1. The highest BCUT2D eigenvalue weighted by molar-refractivity contribution is 8.00. The quantitative estimate of drug-likeness (QED) is 0.158. The summed E-state index contributed by atoms with van der Waals surface area (Å²) < 4.78 is 7.36.